The van der Waals surface area contributed by atoms with Crippen LogP contribution in [0.4, 0.5) is 4.79 Å². The van der Waals surface area contributed by atoms with Crippen LogP contribution in [-0.2, 0) is 11.3 Å². The van der Waals surface area contributed by atoms with E-state index in [1.54, 1.807) is 0 Å². The van der Waals surface area contributed by atoms with Crippen molar-refractivity contribution in [2.24, 2.45) is 0 Å². The molecule has 0 unspecified atom stereocenters. The predicted octanol–water partition coefficient (Wildman–Crippen LogP) is 1.20. The van der Waals surface area contributed by atoms with E-state index in [1.807, 2.05) is 27.7 Å². The number of hydrogen-bond acceptors (Lipinski definition) is 5. The molecule has 0 radical (unpaired) electrons. The van der Waals surface area contributed by atoms with Gasteiger partial charge < -0.3 is 9.84 Å². The Morgan fingerprint density at radius 1 is 1.36 bits per heavy atom. The second-order valence-corrected chi connectivity index (χ2v) is 6.54. The summed E-state index contributed by atoms with van der Waals surface area (Å²) in [5.41, 5.74) is 1.18. The lowest BCUT2D eigenvalue weighted by atomic mass is 9.98. The van der Waals surface area contributed by atoms with Crippen molar-refractivity contribution < 1.29 is 14.1 Å². The fourth-order valence-electron chi connectivity index (χ4n) is 3.36. The minimum absolute atomic E-state index is 0.103. The largest absolute Gasteiger partial charge is 0.361 e. The Balaban J connectivity index is 1.75. The monoisotopic (exact) mass is 306 g/mol. The van der Waals surface area contributed by atoms with E-state index < -0.39 is 5.54 Å². The average molecular weight is 306 g/mol. The number of aryl methyl sites for hydroxylation is 2. The number of nitrogens with one attached hydrogen (secondary N) is 1. The number of urea groups is 1. The smallest absolute Gasteiger partial charge is 0.325 e. The van der Waals surface area contributed by atoms with Gasteiger partial charge in [0.1, 0.15) is 11.3 Å². The second-order valence-electron chi connectivity index (χ2n) is 6.54. The fraction of sp³-hybridized carbons (Fsp3) is 0.667. The zero-order chi connectivity index (χ0) is 16.1. The van der Waals surface area contributed by atoms with E-state index in [-0.39, 0.29) is 18.0 Å². The number of aromatic nitrogens is 1. The molecule has 2 aliphatic heterocycles. The van der Waals surface area contributed by atoms with Crippen LogP contribution in [0.15, 0.2) is 4.52 Å². The van der Waals surface area contributed by atoms with Crippen molar-refractivity contribution in [2.45, 2.75) is 52.2 Å². The number of hydrogen-bond donors (Lipinski definition) is 1. The molecular weight excluding hydrogens is 284 g/mol. The molecule has 0 saturated carbocycles. The normalized spacial score (nSPS) is 25.8. The van der Waals surface area contributed by atoms with Crippen molar-refractivity contribution in [2.75, 3.05) is 13.1 Å². The molecule has 22 heavy (non-hydrogen) atoms. The summed E-state index contributed by atoms with van der Waals surface area (Å²) in [6.07, 6.45) is 0.643. The van der Waals surface area contributed by atoms with Crippen molar-refractivity contribution in [3.63, 3.8) is 0 Å². The van der Waals surface area contributed by atoms with Crippen molar-refractivity contribution in [3.05, 3.63) is 17.0 Å². The molecule has 7 heteroatoms. The van der Waals surface area contributed by atoms with Crippen LogP contribution in [0.5, 0.6) is 0 Å². The van der Waals surface area contributed by atoms with Gasteiger partial charge in [-0.15, -0.1) is 0 Å². The van der Waals surface area contributed by atoms with Crippen LogP contribution in [0.3, 0.4) is 0 Å². The Labute approximate surface area is 129 Å². The van der Waals surface area contributed by atoms with E-state index >= 15 is 0 Å². The molecule has 3 amide bonds. The first-order chi connectivity index (χ1) is 10.3. The zero-order valence-corrected chi connectivity index (χ0v) is 13.5. The van der Waals surface area contributed by atoms with Crippen molar-refractivity contribution >= 4 is 11.9 Å². The Kier molecular flexibility index (Phi) is 3.47. The molecule has 3 rings (SSSR count). The van der Waals surface area contributed by atoms with Gasteiger partial charge in [-0.1, -0.05) is 5.16 Å². The predicted molar refractivity (Wildman–Crippen MR) is 79.1 cm³/mol. The molecule has 1 N–H and O–H groups in total. The van der Waals surface area contributed by atoms with Gasteiger partial charge in [-0.3, -0.25) is 14.6 Å². The molecule has 0 bridgehead atoms. The lowest BCUT2D eigenvalue weighted by Crippen LogP contribution is -2.49. The van der Waals surface area contributed by atoms with Gasteiger partial charge in [-0.2, -0.15) is 0 Å². The quantitative estimate of drug-likeness (QED) is 0.849. The van der Waals surface area contributed by atoms with Crippen LogP contribution in [-0.4, -0.2) is 51.6 Å². The highest BCUT2D eigenvalue weighted by Gasteiger charge is 2.55. The standard InChI is InChI=1S/C15H22N4O3/c1-9(2)19-13(20)15(16-14(19)21)5-6-18(8-15)7-12-10(3)17-22-11(12)4/h9H,5-8H2,1-4H3,(H,16,21)/t15-/m1/s1. The third-order valence-electron chi connectivity index (χ3n) is 4.62. The number of carbonyl (C=O) groups is 2. The molecule has 0 aliphatic carbocycles. The van der Waals surface area contributed by atoms with E-state index in [9.17, 15) is 9.59 Å². The van der Waals surface area contributed by atoms with Gasteiger partial charge in [-0.25, -0.2) is 4.79 Å². The first-order valence-corrected chi connectivity index (χ1v) is 7.64. The highest BCUT2D eigenvalue weighted by molar-refractivity contribution is 6.07. The minimum atomic E-state index is -0.764. The summed E-state index contributed by atoms with van der Waals surface area (Å²) in [7, 11) is 0. The van der Waals surface area contributed by atoms with Gasteiger partial charge in [0.2, 0.25) is 0 Å². The summed E-state index contributed by atoms with van der Waals surface area (Å²) >= 11 is 0. The Morgan fingerprint density at radius 2 is 2.09 bits per heavy atom. The van der Waals surface area contributed by atoms with E-state index in [0.717, 1.165) is 23.6 Å². The first kappa shape index (κ1) is 15.0. The Morgan fingerprint density at radius 3 is 2.64 bits per heavy atom. The molecule has 1 aromatic heterocycles. The van der Waals surface area contributed by atoms with Crippen LogP contribution in [0.1, 0.15) is 37.3 Å². The van der Waals surface area contributed by atoms with Crippen LogP contribution < -0.4 is 5.32 Å². The second kappa shape index (κ2) is 5.08. The highest BCUT2D eigenvalue weighted by atomic mass is 16.5. The van der Waals surface area contributed by atoms with Gasteiger partial charge in [0.05, 0.1) is 5.69 Å². The summed E-state index contributed by atoms with van der Waals surface area (Å²) in [5.74, 6) is 0.706. The van der Waals surface area contributed by atoms with E-state index in [1.165, 1.54) is 4.90 Å². The molecule has 2 aliphatic rings. The summed E-state index contributed by atoms with van der Waals surface area (Å²) in [5, 5.41) is 6.87. The number of nitrogens with zero attached hydrogens (tertiary/aromatic N) is 3. The molecule has 2 saturated heterocycles. The van der Waals surface area contributed by atoms with Gasteiger partial charge in [-0.05, 0) is 34.1 Å². The molecule has 3 heterocycles. The van der Waals surface area contributed by atoms with Crippen LogP contribution in [0, 0.1) is 13.8 Å². The molecule has 1 atom stereocenters. The molecule has 1 aromatic rings. The van der Waals surface area contributed by atoms with E-state index in [0.29, 0.717) is 19.5 Å². The Bertz CT molecular complexity index is 605. The number of imide groups is 1. The molecule has 0 aromatic carbocycles. The summed E-state index contributed by atoms with van der Waals surface area (Å²) in [6, 6.07) is -0.400. The topological polar surface area (TPSA) is 78.7 Å². The Hall–Kier alpha value is -1.89. The number of carbonyl (C=O) groups excluding carboxylic acids is 2. The number of likely N-dealkylation sites (tertiary alicyclic amines) is 1. The summed E-state index contributed by atoms with van der Waals surface area (Å²) in [4.78, 5) is 28.2. The van der Waals surface area contributed by atoms with Crippen molar-refractivity contribution in [1.29, 1.82) is 0 Å². The van der Waals surface area contributed by atoms with Gasteiger partial charge in [0, 0.05) is 31.2 Å². The first-order valence-electron chi connectivity index (χ1n) is 7.64. The molecule has 7 nitrogen and oxygen atoms in total. The average Bonchev–Trinajstić information content (AvgIpc) is 3.05. The van der Waals surface area contributed by atoms with E-state index in [4.69, 9.17) is 4.52 Å². The third kappa shape index (κ3) is 2.20. The fourth-order valence-corrected chi connectivity index (χ4v) is 3.36. The van der Waals surface area contributed by atoms with E-state index in [2.05, 4.69) is 15.4 Å². The zero-order valence-electron chi connectivity index (χ0n) is 13.5. The highest BCUT2D eigenvalue weighted by Crippen LogP contribution is 2.31. The lowest BCUT2D eigenvalue weighted by Gasteiger charge is -2.23. The maximum absolute atomic E-state index is 12.6. The van der Waals surface area contributed by atoms with Crippen LogP contribution in [0.2, 0.25) is 0 Å². The summed E-state index contributed by atoms with van der Waals surface area (Å²) < 4.78 is 5.19. The maximum Gasteiger partial charge on any atom is 0.325 e. The van der Waals surface area contributed by atoms with Crippen molar-refractivity contribution in [1.82, 2.24) is 20.3 Å². The lowest BCUT2D eigenvalue weighted by molar-refractivity contribution is -0.132. The van der Waals surface area contributed by atoms with Gasteiger partial charge in [0.15, 0.2) is 0 Å². The molecule has 2 fully saturated rings. The molecule has 1 spiro atoms. The van der Waals surface area contributed by atoms with Crippen LogP contribution >= 0.6 is 0 Å². The van der Waals surface area contributed by atoms with Crippen LogP contribution in [0.25, 0.3) is 0 Å². The molecular formula is C15H22N4O3. The minimum Gasteiger partial charge on any atom is -0.361 e. The third-order valence-corrected chi connectivity index (χ3v) is 4.62. The van der Waals surface area contributed by atoms with Gasteiger partial charge >= 0.3 is 6.03 Å². The van der Waals surface area contributed by atoms with Gasteiger partial charge in [0.25, 0.3) is 5.91 Å². The molecule has 120 valence electrons. The number of rotatable bonds is 3. The number of amides is 3. The maximum atomic E-state index is 12.6. The SMILES string of the molecule is Cc1noc(C)c1CN1CC[C@]2(C1)NC(=O)N(C(C)C)C2=O. The summed E-state index contributed by atoms with van der Waals surface area (Å²) in [6.45, 7) is 9.51. The van der Waals surface area contributed by atoms with Crippen molar-refractivity contribution in [3.8, 4) is 0 Å².